The summed E-state index contributed by atoms with van der Waals surface area (Å²) >= 11 is 1.65. The zero-order valence-electron chi connectivity index (χ0n) is 9.08. The van der Waals surface area contributed by atoms with E-state index in [4.69, 9.17) is 4.74 Å². The molecule has 1 heterocycles. The van der Waals surface area contributed by atoms with Gasteiger partial charge in [0.05, 0.1) is 24.4 Å². The zero-order valence-corrected chi connectivity index (χ0v) is 9.89. The van der Waals surface area contributed by atoms with Gasteiger partial charge in [-0.2, -0.15) is 0 Å². The van der Waals surface area contributed by atoms with Gasteiger partial charge in [-0.3, -0.25) is 4.79 Å². The molecule has 0 saturated heterocycles. The molecule has 0 amide bonds. The minimum Gasteiger partial charge on any atom is -0.465 e. The number of nitrogens with one attached hydrogen (secondary N) is 1. The Labute approximate surface area is 93.7 Å². The average molecular weight is 228 g/mol. The molecule has 0 aliphatic carbocycles. The molecule has 1 aromatic heterocycles. The van der Waals surface area contributed by atoms with E-state index in [1.54, 1.807) is 18.3 Å². The monoisotopic (exact) mass is 228 g/mol. The van der Waals surface area contributed by atoms with Gasteiger partial charge in [-0.15, -0.1) is 11.3 Å². The van der Waals surface area contributed by atoms with Crippen molar-refractivity contribution in [2.45, 2.75) is 20.3 Å². The van der Waals surface area contributed by atoms with Gasteiger partial charge in [-0.25, -0.2) is 4.98 Å². The Bertz CT molecular complexity index is 312. The number of hydrogen-bond donors (Lipinski definition) is 1. The van der Waals surface area contributed by atoms with Gasteiger partial charge in [0.25, 0.3) is 0 Å². The Balaban J connectivity index is 2.12. The van der Waals surface area contributed by atoms with Crippen molar-refractivity contribution in [3.8, 4) is 0 Å². The standard InChI is InChI=1S/C10H16N2O2S/c1-3-14-10(13)6-11-5-4-9-8(2)12-7-15-9/h7,11H,3-6H2,1-2H3. The summed E-state index contributed by atoms with van der Waals surface area (Å²) in [5.41, 5.74) is 2.92. The smallest absolute Gasteiger partial charge is 0.319 e. The van der Waals surface area contributed by atoms with Gasteiger partial charge >= 0.3 is 5.97 Å². The highest BCUT2D eigenvalue weighted by molar-refractivity contribution is 7.09. The van der Waals surface area contributed by atoms with E-state index in [0.29, 0.717) is 6.61 Å². The van der Waals surface area contributed by atoms with Crippen LogP contribution in [-0.4, -0.2) is 30.6 Å². The highest BCUT2D eigenvalue weighted by atomic mass is 32.1. The van der Waals surface area contributed by atoms with Crippen LogP contribution in [0.3, 0.4) is 0 Å². The quantitative estimate of drug-likeness (QED) is 0.586. The minimum absolute atomic E-state index is 0.196. The van der Waals surface area contributed by atoms with E-state index in [2.05, 4.69) is 10.3 Å². The maximum absolute atomic E-state index is 11.0. The second kappa shape index (κ2) is 6.53. The van der Waals surface area contributed by atoms with E-state index in [-0.39, 0.29) is 12.5 Å². The number of thiazole rings is 1. The molecule has 5 heteroatoms. The summed E-state index contributed by atoms with van der Waals surface area (Å²) in [5, 5.41) is 3.04. The Morgan fingerprint density at radius 3 is 3.07 bits per heavy atom. The maximum Gasteiger partial charge on any atom is 0.319 e. The number of rotatable bonds is 6. The van der Waals surface area contributed by atoms with Crippen molar-refractivity contribution in [2.75, 3.05) is 19.7 Å². The average Bonchev–Trinajstić information content (AvgIpc) is 2.60. The third-order valence-corrected chi connectivity index (χ3v) is 2.94. The van der Waals surface area contributed by atoms with Crippen LogP contribution < -0.4 is 5.32 Å². The number of carbonyl (C=O) groups excluding carboxylic acids is 1. The van der Waals surface area contributed by atoms with Gasteiger partial charge in [0.2, 0.25) is 0 Å². The lowest BCUT2D eigenvalue weighted by molar-refractivity contribution is -0.141. The van der Waals surface area contributed by atoms with E-state index >= 15 is 0 Å². The van der Waals surface area contributed by atoms with Crippen LogP contribution >= 0.6 is 11.3 Å². The van der Waals surface area contributed by atoms with Gasteiger partial charge in [0.1, 0.15) is 0 Å². The van der Waals surface area contributed by atoms with E-state index in [1.165, 1.54) is 4.88 Å². The summed E-state index contributed by atoms with van der Waals surface area (Å²) in [4.78, 5) is 16.4. The third kappa shape index (κ3) is 4.40. The van der Waals surface area contributed by atoms with E-state index in [9.17, 15) is 4.79 Å². The van der Waals surface area contributed by atoms with Gasteiger partial charge in [0, 0.05) is 11.4 Å². The molecule has 0 fully saturated rings. The molecule has 1 rings (SSSR count). The molecule has 0 spiro atoms. The fraction of sp³-hybridized carbons (Fsp3) is 0.600. The Morgan fingerprint density at radius 2 is 2.47 bits per heavy atom. The molecule has 0 unspecified atom stereocenters. The predicted octanol–water partition coefficient (Wildman–Crippen LogP) is 1.15. The second-order valence-electron chi connectivity index (χ2n) is 3.09. The number of hydrogen-bond acceptors (Lipinski definition) is 5. The fourth-order valence-electron chi connectivity index (χ4n) is 1.17. The van der Waals surface area contributed by atoms with Crippen molar-refractivity contribution in [1.82, 2.24) is 10.3 Å². The molecule has 0 radical (unpaired) electrons. The molecule has 0 aliphatic heterocycles. The van der Waals surface area contributed by atoms with Crippen LogP contribution in [0.25, 0.3) is 0 Å². The molecule has 84 valence electrons. The van der Waals surface area contributed by atoms with Gasteiger partial charge in [-0.1, -0.05) is 0 Å². The lowest BCUT2D eigenvalue weighted by atomic mass is 10.3. The maximum atomic E-state index is 11.0. The lowest BCUT2D eigenvalue weighted by Gasteiger charge is -2.03. The first-order valence-electron chi connectivity index (χ1n) is 4.99. The fourth-order valence-corrected chi connectivity index (χ4v) is 1.95. The summed E-state index contributed by atoms with van der Waals surface area (Å²) in [6, 6.07) is 0. The number of aryl methyl sites for hydroxylation is 1. The first-order valence-corrected chi connectivity index (χ1v) is 5.87. The van der Waals surface area contributed by atoms with Crippen molar-refractivity contribution >= 4 is 17.3 Å². The lowest BCUT2D eigenvalue weighted by Crippen LogP contribution is -2.26. The van der Waals surface area contributed by atoms with Crippen LogP contribution in [0.2, 0.25) is 0 Å². The van der Waals surface area contributed by atoms with E-state index in [0.717, 1.165) is 18.7 Å². The third-order valence-electron chi connectivity index (χ3n) is 1.95. The first kappa shape index (κ1) is 12.1. The number of carbonyl (C=O) groups is 1. The second-order valence-corrected chi connectivity index (χ2v) is 4.03. The summed E-state index contributed by atoms with van der Waals surface area (Å²) in [6.45, 7) is 5.30. The molecule has 0 bridgehead atoms. The first-order chi connectivity index (χ1) is 7.24. The van der Waals surface area contributed by atoms with Crippen LogP contribution in [0.15, 0.2) is 5.51 Å². The largest absolute Gasteiger partial charge is 0.465 e. The summed E-state index contributed by atoms with van der Waals surface area (Å²) < 4.78 is 4.79. The highest BCUT2D eigenvalue weighted by Crippen LogP contribution is 2.11. The predicted molar refractivity (Wildman–Crippen MR) is 60.1 cm³/mol. The summed E-state index contributed by atoms with van der Waals surface area (Å²) in [5.74, 6) is -0.196. The molecule has 0 aromatic carbocycles. The van der Waals surface area contributed by atoms with Crippen molar-refractivity contribution in [3.05, 3.63) is 16.1 Å². The van der Waals surface area contributed by atoms with Gasteiger partial charge in [-0.05, 0) is 20.3 Å². The molecule has 15 heavy (non-hydrogen) atoms. The summed E-state index contributed by atoms with van der Waals surface area (Å²) in [7, 11) is 0. The normalized spacial score (nSPS) is 10.3. The van der Waals surface area contributed by atoms with Gasteiger partial charge < -0.3 is 10.1 Å². The summed E-state index contributed by atoms with van der Waals surface area (Å²) in [6.07, 6.45) is 0.913. The van der Waals surface area contributed by atoms with Gasteiger partial charge in [0.15, 0.2) is 0 Å². The SMILES string of the molecule is CCOC(=O)CNCCc1scnc1C. The Hall–Kier alpha value is -0.940. The molecular formula is C10H16N2O2S. The Kier molecular flexibility index (Phi) is 5.28. The molecule has 0 atom stereocenters. The van der Waals surface area contributed by atoms with E-state index in [1.807, 2.05) is 12.4 Å². The Morgan fingerprint density at radius 1 is 1.67 bits per heavy atom. The number of nitrogens with zero attached hydrogens (tertiary/aromatic N) is 1. The molecule has 1 N–H and O–H groups in total. The van der Waals surface area contributed by atoms with Crippen LogP contribution in [-0.2, 0) is 16.0 Å². The van der Waals surface area contributed by atoms with Crippen LogP contribution in [0.4, 0.5) is 0 Å². The molecule has 4 nitrogen and oxygen atoms in total. The van der Waals surface area contributed by atoms with Crippen LogP contribution in [0.1, 0.15) is 17.5 Å². The van der Waals surface area contributed by atoms with E-state index < -0.39 is 0 Å². The van der Waals surface area contributed by atoms with Crippen molar-refractivity contribution in [3.63, 3.8) is 0 Å². The van der Waals surface area contributed by atoms with Crippen molar-refractivity contribution in [1.29, 1.82) is 0 Å². The van der Waals surface area contributed by atoms with Crippen molar-refractivity contribution < 1.29 is 9.53 Å². The van der Waals surface area contributed by atoms with Crippen LogP contribution in [0, 0.1) is 6.92 Å². The number of aromatic nitrogens is 1. The molecule has 0 saturated carbocycles. The number of ether oxygens (including phenoxy) is 1. The van der Waals surface area contributed by atoms with Crippen molar-refractivity contribution in [2.24, 2.45) is 0 Å². The molecule has 1 aromatic rings. The topological polar surface area (TPSA) is 51.2 Å². The molecule has 0 aliphatic rings. The minimum atomic E-state index is -0.196. The highest BCUT2D eigenvalue weighted by Gasteiger charge is 2.02. The molecular weight excluding hydrogens is 212 g/mol. The number of esters is 1. The van der Waals surface area contributed by atoms with Crippen LogP contribution in [0.5, 0.6) is 0 Å². The zero-order chi connectivity index (χ0) is 11.1.